The van der Waals surface area contributed by atoms with E-state index in [0.717, 1.165) is 41.9 Å². The molecule has 0 radical (unpaired) electrons. The van der Waals surface area contributed by atoms with Crippen molar-refractivity contribution in [2.45, 2.75) is 39.3 Å². The van der Waals surface area contributed by atoms with E-state index in [2.05, 4.69) is 25.5 Å². The topological polar surface area (TPSA) is 122 Å². The average molecular weight is 422 g/mol. The van der Waals surface area contributed by atoms with Gasteiger partial charge >= 0.3 is 0 Å². The number of H-pyrrole nitrogens is 1. The molecule has 1 unspecified atom stereocenters. The maximum atomic E-state index is 12.9. The lowest BCUT2D eigenvalue weighted by molar-refractivity contribution is -0.122. The van der Waals surface area contributed by atoms with Gasteiger partial charge in [0.25, 0.3) is 5.91 Å². The molecule has 1 saturated heterocycles. The average Bonchev–Trinajstić information content (AvgIpc) is 3.44. The van der Waals surface area contributed by atoms with Crippen LogP contribution in [0.25, 0.3) is 11.3 Å². The molecule has 3 heterocycles. The molecule has 1 aromatic carbocycles. The predicted octanol–water partition coefficient (Wildman–Crippen LogP) is 2.13. The zero-order valence-corrected chi connectivity index (χ0v) is 18.0. The van der Waals surface area contributed by atoms with Gasteiger partial charge in [-0.05, 0) is 50.9 Å². The van der Waals surface area contributed by atoms with Crippen LogP contribution in [0.3, 0.4) is 0 Å². The van der Waals surface area contributed by atoms with Crippen molar-refractivity contribution in [3.63, 3.8) is 0 Å². The van der Waals surface area contributed by atoms with Crippen LogP contribution < -0.4 is 11.1 Å². The van der Waals surface area contributed by atoms with Crippen molar-refractivity contribution in [1.29, 1.82) is 0 Å². The Hall–Kier alpha value is -3.46. The lowest BCUT2D eigenvalue weighted by Gasteiger charge is -2.23. The Morgan fingerprint density at radius 3 is 2.77 bits per heavy atom. The number of carbonyl (C=O) groups is 2. The number of benzene rings is 1. The van der Waals surface area contributed by atoms with Crippen LogP contribution in [0.4, 0.5) is 5.69 Å². The first-order chi connectivity index (χ1) is 14.8. The smallest absolute Gasteiger partial charge is 0.273 e. The first-order valence-electron chi connectivity index (χ1n) is 10.3. The summed E-state index contributed by atoms with van der Waals surface area (Å²) in [4.78, 5) is 26.7. The number of likely N-dealkylation sites (tertiary alicyclic amines) is 1. The second-order valence-corrected chi connectivity index (χ2v) is 7.98. The molecule has 162 valence electrons. The van der Waals surface area contributed by atoms with Gasteiger partial charge in [0.1, 0.15) is 5.69 Å². The number of nitrogens with two attached hydrogens (primary N) is 1. The van der Waals surface area contributed by atoms with E-state index in [-0.39, 0.29) is 17.9 Å². The van der Waals surface area contributed by atoms with Gasteiger partial charge in [-0.25, -0.2) is 0 Å². The number of aromatic nitrogens is 4. The van der Waals surface area contributed by atoms with Crippen molar-refractivity contribution in [2.24, 2.45) is 12.8 Å². The molecule has 0 bridgehead atoms. The molecule has 1 fully saturated rings. The molecular weight excluding hydrogens is 394 g/mol. The Morgan fingerprint density at radius 2 is 2.06 bits per heavy atom. The van der Waals surface area contributed by atoms with Gasteiger partial charge in [0.05, 0.1) is 17.4 Å². The van der Waals surface area contributed by atoms with Crippen LogP contribution in [-0.4, -0.2) is 49.3 Å². The molecule has 0 aliphatic carbocycles. The normalized spacial score (nSPS) is 16.5. The molecule has 1 aliphatic rings. The van der Waals surface area contributed by atoms with Gasteiger partial charge in [0, 0.05) is 30.5 Å². The molecule has 2 aromatic heterocycles. The number of rotatable bonds is 6. The van der Waals surface area contributed by atoms with Gasteiger partial charge in [-0.3, -0.25) is 24.3 Å². The van der Waals surface area contributed by atoms with E-state index in [1.54, 1.807) is 10.7 Å². The molecule has 31 heavy (non-hydrogen) atoms. The Labute approximate surface area is 180 Å². The third-order valence-corrected chi connectivity index (χ3v) is 5.92. The molecule has 3 aromatic rings. The van der Waals surface area contributed by atoms with Crippen LogP contribution in [0, 0.1) is 13.8 Å². The predicted molar refractivity (Wildman–Crippen MR) is 117 cm³/mol. The van der Waals surface area contributed by atoms with Crippen molar-refractivity contribution in [2.75, 3.05) is 11.9 Å². The number of nitrogens with one attached hydrogen (secondary N) is 2. The van der Waals surface area contributed by atoms with Crippen LogP contribution in [0.1, 0.15) is 40.3 Å². The van der Waals surface area contributed by atoms with Crippen LogP contribution >= 0.6 is 0 Å². The third kappa shape index (κ3) is 4.09. The fraction of sp³-hybridized carbons (Fsp3) is 0.364. The van der Waals surface area contributed by atoms with Crippen molar-refractivity contribution in [3.8, 4) is 11.3 Å². The summed E-state index contributed by atoms with van der Waals surface area (Å²) in [5, 5.41) is 14.5. The number of nitrogens with zero attached hydrogens (tertiary/aromatic N) is 4. The number of aromatic amines is 1. The molecule has 9 heteroatoms. The van der Waals surface area contributed by atoms with Gasteiger partial charge in [-0.15, -0.1) is 0 Å². The van der Waals surface area contributed by atoms with E-state index >= 15 is 0 Å². The summed E-state index contributed by atoms with van der Waals surface area (Å²) in [7, 11) is 1.88. The maximum absolute atomic E-state index is 12.9. The van der Waals surface area contributed by atoms with Gasteiger partial charge in [-0.1, -0.05) is 18.2 Å². The second kappa shape index (κ2) is 8.35. The first kappa shape index (κ1) is 20.8. The van der Waals surface area contributed by atoms with Crippen molar-refractivity contribution in [3.05, 3.63) is 53.0 Å². The fourth-order valence-electron chi connectivity index (χ4n) is 4.24. The highest BCUT2D eigenvalue weighted by Crippen LogP contribution is 2.26. The van der Waals surface area contributed by atoms with Crippen LogP contribution in [0.15, 0.2) is 30.3 Å². The van der Waals surface area contributed by atoms with Gasteiger partial charge in [-0.2, -0.15) is 10.2 Å². The minimum Gasteiger partial charge on any atom is -0.368 e. The number of hydrogen-bond donors (Lipinski definition) is 3. The summed E-state index contributed by atoms with van der Waals surface area (Å²) >= 11 is 0. The first-order valence-corrected chi connectivity index (χ1v) is 10.3. The lowest BCUT2D eigenvalue weighted by atomic mass is 10.1. The Bertz CT molecular complexity index is 1130. The summed E-state index contributed by atoms with van der Waals surface area (Å²) in [6, 6.07) is 9.07. The molecule has 1 atom stereocenters. The molecular formula is C22H27N7O2. The third-order valence-electron chi connectivity index (χ3n) is 5.92. The SMILES string of the molecule is Cc1nn(C)c(C)c1-c1cc(C(=O)Nc2ccccc2CN2CCCC2C(N)=O)[nH]n1. The van der Waals surface area contributed by atoms with E-state index in [0.29, 0.717) is 23.6 Å². The number of aryl methyl sites for hydroxylation is 2. The quantitative estimate of drug-likeness (QED) is 0.563. The fourth-order valence-corrected chi connectivity index (χ4v) is 4.24. The summed E-state index contributed by atoms with van der Waals surface area (Å²) in [6.45, 7) is 5.25. The van der Waals surface area contributed by atoms with E-state index in [1.165, 1.54) is 0 Å². The van der Waals surface area contributed by atoms with Crippen LogP contribution in [-0.2, 0) is 18.4 Å². The summed E-state index contributed by atoms with van der Waals surface area (Å²) in [5.41, 5.74) is 11.0. The van der Waals surface area contributed by atoms with Crippen LogP contribution in [0.5, 0.6) is 0 Å². The number of hydrogen-bond acceptors (Lipinski definition) is 5. The zero-order valence-electron chi connectivity index (χ0n) is 18.0. The molecule has 9 nitrogen and oxygen atoms in total. The number of primary amides is 1. The minimum atomic E-state index is -0.301. The molecule has 1 aliphatic heterocycles. The molecule has 0 spiro atoms. The number of amides is 2. The monoisotopic (exact) mass is 421 g/mol. The van der Waals surface area contributed by atoms with Crippen LogP contribution in [0.2, 0.25) is 0 Å². The molecule has 2 amide bonds. The number of carbonyl (C=O) groups excluding carboxylic acids is 2. The lowest BCUT2D eigenvalue weighted by Crippen LogP contribution is -2.39. The van der Waals surface area contributed by atoms with Crippen molar-refractivity contribution in [1.82, 2.24) is 24.9 Å². The second-order valence-electron chi connectivity index (χ2n) is 7.98. The largest absolute Gasteiger partial charge is 0.368 e. The summed E-state index contributed by atoms with van der Waals surface area (Å²) in [6.07, 6.45) is 1.71. The highest BCUT2D eigenvalue weighted by atomic mass is 16.2. The standard InChI is InChI=1S/C22H27N7O2/c1-13-20(14(2)28(3)27-13)17-11-18(26-25-17)22(31)24-16-8-5-4-7-15(16)12-29-10-6-9-19(29)21(23)30/h4-5,7-8,11,19H,6,9-10,12H2,1-3H3,(H2,23,30)(H,24,31)(H,25,26). The van der Waals surface area contributed by atoms with Gasteiger partial charge in [0.2, 0.25) is 5.91 Å². The summed E-state index contributed by atoms with van der Waals surface area (Å²) < 4.78 is 1.80. The van der Waals surface area contributed by atoms with Gasteiger partial charge in [0.15, 0.2) is 0 Å². The molecule has 0 saturated carbocycles. The van der Waals surface area contributed by atoms with Crippen molar-refractivity contribution >= 4 is 17.5 Å². The number of anilines is 1. The maximum Gasteiger partial charge on any atom is 0.273 e. The molecule has 4 rings (SSSR count). The molecule has 4 N–H and O–H groups in total. The van der Waals surface area contributed by atoms with E-state index in [4.69, 9.17) is 5.73 Å². The minimum absolute atomic E-state index is 0.259. The van der Waals surface area contributed by atoms with E-state index < -0.39 is 0 Å². The Balaban J connectivity index is 1.52. The van der Waals surface area contributed by atoms with E-state index in [1.807, 2.05) is 45.2 Å². The van der Waals surface area contributed by atoms with Gasteiger partial charge < -0.3 is 11.1 Å². The summed E-state index contributed by atoms with van der Waals surface area (Å²) in [5.74, 6) is -0.580. The zero-order chi connectivity index (χ0) is 22.1. The number of para-hydroxylation sites is 1. The Kier molecular flexibility index (Phi) is 5.60. The highest BCUT2D eigenvalue weighted by molar-refractivity contribution is 6.03. The van der Waals surface area contributed by atoms with Crippen molar-refractivity contribution < 1.29 is 9.59 Å². The Morgan fingerprint density at radius 1 is 1.29 bits per heavy atom. The highest BCUT2D eigenvalue weighted by Gasteiger charge is 2.29. The van der Waals surface area contributed by atoms with E-state index in [9.17, 15) is 9.59 Å².